The Balaban J connectivity index is 2.05. The van der Waals surface area contributed by atoms with E-state index in [1.54, 1.807) is 19.1 Å². The van der Waals surface area contributed by atoms with E-state index in [1.807, 2.05) is 25.1 Å². The van der Waals surface area contributed by atoms with Crippen molar-refractivity contribution in [2.45, 2.75) is 45.4 Å². The first-order valence-corrected chi connectivity index (χ1v) is 10.3. The van der Waals surface area contributed by atoms with Crippen LogP contribution in [-0.2, 0) is 27.4 Å². The largest absolute Gasteiger partial charge is 0.445 e. The molecule has 8 nitrogen and oxygen atoms in total. The van der Waals surface area contributed by atoms with Gasteiger partial charge in [-0.05, 0) is 29.2 Å². The first-order valence-electron chi connectivity index (χ1n) is 10.3. The number of amides is 3. The predicted octanol–water partition coefficient (Wildman–Crippen LogP) is 2.70. The Hall–Kier alpha value is -3.46. The molecular weight excluding hydrogens is 417 g/mol. The van der Waals surface area contributed by atoms with Crippen molar-refractivity contribution in [3.8, 4) is 0 Å². The van der Waals surface area contributed by atoms with Crippen molar-refractivity contribution in [1.29, 1.82) is 0 Å². The molecule has 3 unspecified atom stereocenters. The number of carbonyl (C=O) groups excluding carboxylic acids is 3. The summed E-state index contributed by atoms with van der Waals surface area (Å²) < 4.78 is 18.3. The first-order chi connectivity index (χ1) is 15.3. The smallest absolute Gasteiger partial charge is 0.408 e. The molecule has 0 spiro atoms. The van der Waals surface area contributed by atoms with E-state index in [0.717, 1.165) is 5.56 Å². The fourth-order valence-electron chi connectivity index (χ4n) is 3.00. The molecule has 0 saturated heterocycles. The molecule has 2 aromatic carbocycles. The van der Waals surface area contributed by atoms with Gasteiger partial charge < -0.3 is 15.4 Å². The molecule has 0 aliphatic carbocycles. The van der Waals surface area contributed by atoms with Gasteiger partial charge in [-0.2, -0.15) is 0 Å². The van der Waals surface area contributed by atoms with E-state index in [-0.39, 0.29) is 18.9 Å². The summed E-state index contributed by atoms with van der Waals surface area (Å²) in [5.74, 6) is -2.14. The van der Waals surface area contributed by atoms with Crippen LogP contribution in [0.2, 0.25) is 0 Å². The Morgan fingerprint density at radius 1 is 0.969 bits per heavy atom. The van der Waals surface area contributed by atoms with E-state index in [9.17, 15) is 18.8 Å². The molecule has 4 N–H and O–H groups in total. The molecule has 0 aliphatic heterocycles. The summed E-state index contributed by atoms with van der Waals surface area (Å²) in [6, 6.07) is 12.4. The van der Waals surface area contributed by atoms with Gasteiger partial charge in [0.05, 0.1) is 0 Å². The minimum atomic E-state index is -1.13. The Bertz CT molecular complexity index is 892. The molecule has 3 amide bonds. The van der Waals surface area contributed by atoms with Crippen LogP contribution in [0.1, 0.15) is 31.4 Å². The highest BCUT2D eigenvalue weighted by atomic mass is 19.1. The molecule has 172 valence electrons. The average Bonchev–Trinajstić information content (AvgIpc) is 2.81. The molecule has 32 heavy (non-hydrogen) atoms. The van der Waals surface area contributed by atoms with Crippen LogP contribution in [0.25, 0.3) is 0 Å². The Morgan fingerprint density at radius 2 is 1.62 bits per heavy atom. The Labute approximate surface area is 186 Å². The van der Waals surface area contributed by atoms with E-state index in [1.165, 1.54) is 29.7 Å². The molecule has 0 aliphatic rings. The lowest BCUT2D eigenvalue weighted by molar-refractivity contribution is -0.135. The maximum atomic E-state index is 13.1. The number of alkyl carbamates (subject to hydrolysis) is 1. The van der Waals surface area contributed by atoms with Crippen LogP contribution in [0.5, 0.6) is 0 Å². The molecule has 2 aromatic rings. The van der Waals surface area contributed by atoms with Crippen molar-refractivity contribution in [3.63, 3.8) is 0 Å². The van der Waals surface area contributed by atoms with Crippen molar-refractivity contribution >= 4 is 17.9 Å². The highest BCUT2D eigenvalue weighted by Crippen LogP contribution is 2.11. The van der Waals surface area contributed by atoms with Crippen molar-refractivity contribution < 1.29 is 28.7 Å². The lowest BCUT2D eigenvalue weighted by Gasteiger charge is -2.26. The van der Waals surface area contributed by atoms with Gasteiger partial charge in [0.1, 0.15) is 24.5 Å². The molecule has 0 heterocycles. The van der Waals surface area contributed by atoms with Crippen LogP contribution in [-0.4, -0.2) is 35.2 Å². The highest BCUT2D eigenvalue weighted by molar-refractivity contribution is 5.91. The zero-order chi connectivity index (χ0) is 23.5. The normalized spacial score (nSPS) is 13.4. The van der Waals surface area contributed by atoms with Gasteiger partial charge in [0.25, 0.3) is 5.91 Å². The number of hydroxylamine groups is 1. The number of nitrogens with one attached hydrogen (secondary N) is 3. The number of rotatable bonds is 10. The summed E-state index contributed by atoms with van der Waals surface area (Å²) in [6.07, 6.45) is -0.174. The standard InChI is InChI=1S/C23H28FN3O5/c1-3-15(2)20(26-23(30)32-14-17-7-5-4-6-8-17)22(29)25-19(21(28)27-31)13-16-9-11-18(24)12-10-16/h4-12,15,19-20,31H,3,13-14H2,1-2H3,(H,25,29)(H,26,30)(H,27,28). The molecule has 2 rings (SSSR count). The monoisotopic (exact) mass is 445 g/mol. The summed E-state index contributed by atoms with van der Waals surface area (Å²) in [5, 5.41) is 14.2. The number of carbonyl (C=O) groups is 3. The predicted molar refractivity (Wildman–Crippen MR) is 115 cm³/mol. The van der Waals surface area contributed by atoms with Crippen molar-refractivity contribution in [1.82, 2.24) is 16.1 Å². The van der Waals surface area contributed by atoms with Crippen LogP contribution in [0, 0.1) is 11.7 Å². The second-order valence-corrected chi connectivity index (χ2v) is 7.44. The average molecular weight is 445 g/mol. The second-order valence-electron chi connectivity index (χ2n) is 7.44. The van der Waals surface area contributed by atoms with Gasteiger partial charge in [0, 0.05) is 6.42 Å². The van der Waals surface area contributed by atoms with E-state index in [2.05, 4.69) is 10.6 Å². The van der Waals surface area contributed by atoms with E-state index >= 15 is 0 Å². The van der Waals surface area contributed by atoms with Crippen LogP contribution >= 0.6 is 0 Å². The number of hydrogen-bond acceptors (Lipinski definition) is 5. The minimum absolute atomic E-state index is 0.0179. The van der Waals surface area contributed by atoms with E-state index in [4.69, 9.17) is 9.94 Å². The molecule has 0 bridgehead atoms. The number of hydrogen-bond donors (Lipinski definition) is 4. The third kappa shape index (κ3) is 7.66. The lowest BCUT2D eigenvalue weighted by atomic mass is 9.97. The first kappa shape index (κ1) is 24.8. The topological polar surface area (TPSA) is 117 Å². The molecule has 3 atom stereocenters. The van der Waals surface area contributed by atoms with Gasteiger partial charge in [0.15, 0.2) is 0 Å². The summed E-state index contributed by atoms with van der Waals surface area (Å²) in [5.41, 5.74) is 2.90. The molecule has 9 heteroatoms. The highest BCUT2D eigenvalue weighted by Gasteiger charge is 2.30. The summed E-state index contributed by atoms with van der Waals surface area (Å²) >= 11 is 0. The van der Waals surface area contributed by atoms with Gasteiger partial charge in [-0.25, -0.2) is 14.7 Å². The minimum Gasteiger partial charge on any atom is -0.445 e. The van der Waals surface area contributed by atoms with Crippen LogP contribution in [0.4, 0.5) is 9.18 Å². The van der Waals surface area contributed by atoms with Crippen LogP contribution < -0.4 is 16.1 Å². The zero-order valence-electron chi connectivity index (χ0n) is 18.0. The van der Waals surface area contributed by atoms with Gasteiger partial charge in [-0.15, -0.1) is 0 Å². The quantitative estimate of drug-likeness (QED) is 0.331. The molecule has 0 fully saturated rings. The SMILES string of the molecule is CCC(C)C(NC(=O)OCc1ccccc1)C(=O)NC(Cc1ccc(F)cc1)C(=O)NO. The van der Waals surface area contributed by atoms with Crippen molar-refractivity contribution in [3.05, 3.63) is 71.5 Å². The number of ether oxygens (including phenoxy) is 1. The maximum absolute atomic E-state index is 13.1. The van der Waals surface area contributed by atoms with Gasteiger partial charge in [0.2, 0.25) is 5.91 Å². The van der Waals surface area contributed by atoms with Gasteiger partial charge >= 0.3 is 6.09 Å². The maximum Gasteiger partial charge on any atom is 0.408 e. The van der Waals surface area contributed by atoms with Gasteiger partial charge in [-0.1, -0.05) is 62.7 Å². The second kappa shape index (κ2) is 12.4. The molecule has 0 aromatic heterocycles. The summed E-state index contributed by atoms with van der Waals surface area (Å²) in [6.45, 7) is 3.68. The zero-order valence-corrected chi connectivity index (χ0v) is 18.0. The number of halogens is 1. The molecule has 0 radical (unpaired) electrons. The van der Waals surface area contributed by atoms with Crippen LogP contribution in [0.3, 0.4) is 0 Å². The number of benzene rings is 2. The van der Waals surface area contributed by atoms with E-state index in [0.29, 0.717) is 12.0 Å². The Kier molecular flexibility index (Phi) is 9.62. The fourth-order valence-corrected chi connectivity index (χ4v) is 3.00. The fraction of sp³-hybridized carbons (Fsp3) is 0.348. The van der Waals surface area contributed by atoms with Crippen molar-refractivity contribution in [2.75, 3.05) is 0 Å². The molecule has 0 saturated carbocycles. The Morgan fingerprint density at radius 3 is 2.22 bits per heavy atom. The molecular formula is C23H28FN3O5. The summed E-state index contributed by atoms with van der Waals surface area (Å²) in [7, 11) is 0. The van der Waals surface area contributed by atoms with Crippen molar-refractivity contribution in [2.24, 2.45) is 5.92 Å². The summed E-state index contributed by atoms with van der Waals surface area (Å²) in [4.78, 5) is 37.3. The third-order valence-corrected chi connectivity index (χ3v) is 5.08. The lowest BCUT2D eigenvalue weighted by Crippen LogP contribution is -2.56. The van der Waals surface area contributed by atoms with Gasteiger partial charge in [-0.3, -0.25) is 14.8 Å². The van der Waals surface area contributed by atoms with E-state index < -0.39 is 35.8 Å². The van der Waals surface area contributed by atoms with Crippen LogP contribution in [0.15, 0.2) is 54.6 Å². The third-order valence-electron chi connectivity index (χ3n) is 5.08.